The number of rotatable bonds is 8. The molecule has 0 aliphatic carbocycles. The van der Waals surface area contributed by atoms with E-state index < -0.39 is 11.5 Å². The fourth-order valence-electron chi connectivity index (χ4n) is 1.96. The molecule has 0 fully saturated rings. The Kier molecular flexibility index (Phi) is 6.58. The van der Waals surface area contributed by atoms with Gasteiger partial charge in [-0.25, -0.2) is 4.79 Å². The maximum Gasteiger partial charge on any atom is 0.332 e. The van der Waals surface area contributed by atoms with E-state index in [1.807, 2.05) is 0 Å². The van der Waals surface area contributed by atoms with Gasteiger partial charge < -0.3 is 4.74 Å². The highest BCUT2D eigenvalue weighted by molar-refractivity contribution is 5.81. The van der Waals surface area contributed by atoms with Crippen LogP contribution in [0.1, 0.15) is 31.7 Å². The number of esters is 1. The Bertz CT molecular complexity index is 529. The van der Waals surface area contributed by atoms with Gasteiger partial charge in [-0.3, -0.25) is 15.3 Å². The van der Waals surface area contributed by atoms with Gasteiger partial charge in [-0.15, -0.1) is 0 Å². The van der Waals surface area contributed by atoms with Crippen LogP contribution in [0.4, 0.5) is 0 Å². The Morgan fingerprint density at radius 1 is 1.52 bits per heavy atom. The van der Waals surface area contributed by atoms with Crippen molar-refractivity contribution >= 4 is 5.97 Å². The summed E-state index contributed by atoms with van der Waals surface area (Å²) in [5.41, 5.74) is 8.36. The monoisotopic (exact) mass is 292 g/mol. The first-order chi connectivity index (χ1) is 10.1. The minimum atomic E-state index is -1.08. The van der Waals surface area contributed by atoms with Crippen molar-refractivity contribution in [3.8, 4) is 0 Å². The van der Waals surface area contributed by atoms with Crippen LogP contribution in [0.3, 0.4) is 0 Å². The third kappa shape index (κ3) is 4.40. The maximum atomic E-state index is 12.3. The highest BCUT2D eigenvalue weighted by Gasteiger charge is 2.39. The van der Waals surface area contributed by atoms with Gasteiger partial charge in [0, 0.05) is 23.9 Å². The van der Waals surface area contributed by atoms with E-state index in [0.29, 0.717) is 30.9 Å². The molecule has 8 heteroatoms. The van der Waals surface area contributed by atoms with E-state index in [9.17, 15) is 4.79 Å². The van der Waals surface area contributed by atoms with Crippen molar-refractivity contribution in [3.63, 3.8) is 0 Å². The van der Waals surface area contributed by atoms with Crippen molar-refractivity contribution in [3.05, 3.63) is 34.2 Å². The van der Waals surface area contributed by atoms with E-state index in [2.05, 4.69) is 25.3 Å². The average Bonchev–Trinajstić information content (AvgIpc) is 2.47. The predicted molar refractivity (Wildman–Crippen MR) is 77.4 cm³/mol. The van der Waals surface area contributed by atoms with Gasteiger partial charge in [-0.05, 0) is 39.3 Å². The number of ether oxygens (including phenoxy) is 1. The highest BCUT2D eigenvalue weighted by atomic mass is 16.5. The van der Waals surface area contributed by atoms with Crippen molar-refractivity contribution in [2.75, 3.05) is 19.7 Å². The minimum Gasteiger partial charge on any atom is -0.464 e. The first-order valence-corrected chi connectivity index (χ1v) is 6.77. The van der Waals surface area contributed by atoms with Gasteiger partial charge in [0.25, 0.3) is 0 Å². The normalized spacial score (nSPS) is 13.1. The molecule has 8 nitrogen and oxygen atoms in total. The van der Waals surface area contributed by atoms with Crippen LogP contribution in [0.5, 0.6) is 0 Å². The van der Waals surface area contributed by atoms with Crippen LogP contribution in [0.25, 0.3) is 10.4 Å². The number of carbonyl (C=O) groups excluding carboxylic acids is 1. The Balaban J connectivity index is 2.92. The van der Waals surface area contributed by atoms with Crippen LogP contribution in [0.15, 0.2) is 17.5 Å². The Hall–Kier alpha value is -2.18. The molecule has 21 heavy (non-hydrogen) atoms. The summed E-state index contributed by atoms with van der Waals surface area (Å²) < 4.78 is 5.14. The standard InChI is InChI=1S/C13H20N6O2/c1-4-21-12(20)13(3,17-6-5-7-18-19-14)11-10(2)15-8-9-16-11/h8-9,17H,4-7H2,1-3H3. The number of carbonyl (C=O) groups is 1. The highest BCUT2D eigenvalue weighted by Crippen LogP contribution is 2.22. The van der Waals surface area contributed by atoms with E-state index in [4.69, 9.17) is 10.3 Å². The van der Waals surface area contributed by atoms with E-state index in [1.165, 1.54) is 0 Å². The Morgan fingerprint density at radius 2 is 2.24 bits per heavy atom. The van der Waals surface area contributed by atoms with E-state index >= 15 is 0 Å². The second kappa shape index (κ2) is 8.18. The fraction of sp³-hybridized carbons (Fsp3) is 0.615. The van der Waals surface area contributed by atoms with Crippen LogP contribution >= 0.6 is 0 Å². The van der Waals surface area contributed by atoms with Gasteiger partial charge in [0.15, 0.2) is 5.54 Å². The number of aryl methyl sites for hydroxylation is 1. The molecule has 0 saturated heterocycles. The number of azide groups is 1. The van der Waals surface area contributed by atoms with E-state index in [-0.39, 0.29) is 6.61 Å². The molecule has 114 valence electrons. The van der Waals surface area contributed by atoms with Crippen LogP contribution in [0, 0.1) is 6.92 Å². The molecule has 1 N–H and O–H groups in total. The molecular formula is C13H20N6O2. The molecule has 1 unspecified atom stereocenters. The maximum absolute atomic E-state index is 12.3. The predicted octanol–water partition coefficient (Wildman–Crippen LogP) is 1.85. The molecule has 0 radical (unpaired) electrons. The van der Waals surface area contributed by atoms with Gasteiger partial charge in [0.2, 0.25) is 0 Å². The zero-order chi connectivity index (χ0) is 15.7. The van der Waals surface area contributed by atoms with Crippen molar-refractivity contribution in [1.29, 1.82) is 0 Å². The zero-order valence-electron chi connectivity index (χ0n) is 12.5. The van der Waals surface area contributed by atoms with Crippen molar-refractivity contribution < 1.29 is 9.53 Å². The molecule has 0 aliphatic heterocycles. The Morgan fingerprint density at radius 3 is 2.86 bits per heavy atom. The summed E-state index contributed by atoms with van der Waals surface area (Å²) in [5.74, 6) is -0.405. The molecule has 0 aliphatic rings. The van der Waals surface area contributed by atoms with Gasteiger partial charge in [-0.1, -0.05) is 5.11 Å². The minimum absolute atomic E-state index is 0.286. The lowest BCUT2D eigenvalue weighted by atomic mass is 9.95. The zero-order valence-corrected chi connectivity index (χ0v) is 12.5. The SMILES string of the molecule is CCOC(=O)C(C)(NCCCN=[N+]=[N-])c1nccnc1C. The third-order valence-electron chi connectivity index (χ3n) is 3.02. The number of nitrogens with zero attached hydrogens (tertiary/aromatic N) is 5. The van der Waals surface area contributed by atoms with E-state index in [1.54, 1.807) is 33.2 Å². The molecule has 1 aromatic rings. The smallest absolute Gasteiger partial charge is 0.332 e. The largest absolute Gasteiger partial charge is 0.464 e. The van der Waals surface area contributed by atoms with Crippen LogP contribution < -0.4 is 5.32 Å². The second-order valence-electron chi connectivity index (χ2n) is 4.57. The second-order valence-corrected chi connectivity index (χ2v) is 4.57. The van der Waals surface area contributed by atoms with Crippen LogP contribution in [-0.4, -0.2) is 35.6 Å². The van der Waals surface area contributed by atoms with Crippen molar-refractivity contribution in [2.45, 2.75) is 32.7 Å². The van der Waals surface area contributed by atoms with Crippen molar-refractivity contribution in [1.82, 2.24) is 15.3 Å². The number of hydrogen-bond donors (Lipinski definition) is 1. The van der Waals surface area contributed by atoms with Crippen molar-refractivity contribution in [2.24, 2.45) is 5.11 Å². The number of aromatic nitrogens is 2. The lowest BCUT2D eigenvalue weighted by Gasteiger charge is -2.28. The topological polar surface area (TPSA) is 113 Å². The summed E-state index contributed by atoms with van der Waals surface area (Å²) >= 11 is 0. The first-order valence-electron chi connectivity index (χ1n) is 6.77. The number of hydrogen-bond acceptors (Lipinski definition) is 6. The summed E-state index contributed by atoms with van der Waals surface area (Å²) in [5, 5.41) is 6.60. The van der Waals surface area contributed by atoms with Gasteiger partial charge >= 0.3 is 5.97 Å². The molecular weight excluding hydrogens is 272 g/mol. The van der Waals surface area contributed by atoms with Crippen LogP contribution in [-0.2, 0) is 15.1 Å². The first kappa shape index (κ1) is 16.9. The number of nitrogens with one attached hydrogen (secondary N) is 1. The molecule has 1 rings (SSSR count). The molecule has 0 bridgehead atoms. The molecule has 0 spiro atoms. The molecule has 0 aromatic carbocycles. The summed E-state index contributed by atoms with van der Waals surface area (Å²) in [4.78, 5) is 23.4. The van der Waals surface area contributed by atoms with Gasteiger partial charge in [0.05, 0.1) is 18.0 Å². The molecule has 0 saturated carbocycles. The lowest BCUT2D eigenvalue weighted by Crippen LogP contribution is -2.49. The quantitative estimate of drug-likeness (QED) is 0.258. The van der Waals surface area contributed by atoms with Gasteiger partial charge in [0.1, 0.15) is 0 Å². The molecule has 0 amide bonds. The van der Waals surface area contributed by atoms with Gasteiger partial charge in [-0.2, -0.15) is 0 Å². The summed E-state index contributed by atoms with van der Waals surface area (Å²) in [7, 11) is 0. The lowest BCUT2D eigenvalue weighted by molar-refractivity contribution is -0.151. The molecule has 1 atom stereocenters. The third-order valence-corrected chi connectivity index (χ3v) is 3.02. The fourth-order valence-corrected chi connectivity index (χ4v) is 1.96. The summed E-state index contributed by atoms with van der Waals surface area (Å²) in [6.45, 7) is 6.40. The van der Waals surface area contributed by atoms with E-state index in [0.717, 1.165) is 0 Å². The molecule has 1 heterocycles. The summed E-state index contributed by atoms with van der Waals surface area (Å²) in [6, 6.07) is 0. The summed E-state index contributed by atoms with van der Waals surface area (Å²) in [6.07, 6.45) is 3.73. The molecule has 1 aromatic heterocycles. The Labute approximate surface area is 123 Å². The van der Waals surface area contributed by atoms with Crippen LogP contribution in [0.2, 0.25) is 0 Å². The average molecular weight is 292 g/mol.